The van der Waals surface area contributed by atoms with E-state index in [1.807, 2.05) is 35.6 Å². The van der Waals surface area contributed by atoms with Gasteiger partial charge in [-0.05, 0) is 62.7 Å². The maximum absolute atomic E-state index is 5.11. The van der Waals surface area contributed by atoms with Gasteiger partial charge in [0.15, 0.2) is 17.5 Å². The van der Waals surface area contributed by atoms with E-state index in [1.54, 1.807) is 0 Å². The maximum Gasteiger partial charge on any atom is 0.164 e. The first kappa shape index (κ1) is 32.4. The lowest BCUT2D eigenvalue weighted by atomic mass is 9.67. The molecule has 56 heavy (non-hydrogen) atoms. The number of hydrogen-bond donors (Lipinski definition) is 0. The molecule has 1 aliphatic rings. The molecule has 2 heterocycles. The number of aromatic nitrogens is 3. The molecule has 3 nitrogen and oxygen atoms in total. The first-order valence-corrected chi connectivity index (χ1v) is 19.8. The minimum absolute atomic E-state index is 0.525. The van der Waals surface area contributed by atoms with Crippen LogP contribution in [0.5, 0.6) is 0 Å². The number of rotatable bonds is 6. The van der Waals surface area contributed by atoms with Crippen molar-refractivity contribution in [3.63, 3.8) is 0 Å². The number of benzene rings is 8. The Hall–Kier alpha value is -7.01. The van der Waals surface area contributed by atoms with E-state index in [0.717, 1.165) is 22.3 Å². The predicted octanol–water partition coefficient (Wildman–Crippen LogP) is 13.3. The molecule has 8 aromatic carbocycles. The van der Waals surface area contributed by atoms with Crippen LogP contribution in [-0.4, -0.2) is 15.0 Å². The van der Waals surface area contributed by atoms with Crippen LogP contribution in [0.4, 0.5) is 0 Å². The lowest BCUT2D eigenvalue weighted by Crippen LogP contribution is -2.28. The van der Waals surface area contributed by atoms with Gasteiger partial charge in [-0.3, -0.25) is 0 Å². The molecule has 4 heteroatoms. The SMILES string of the molecule is c1ccc(-c2ccc(-c3nc(-c4ccccc4)nc(-c4ccc(C5(c6ccc7sc8ccccc8c7c6)c6ccccc6-c6ccccc65)cc4)n3)cc2)cc1. The van der Waals surface area contributed by atoms with Crippen molar-refractivity contribution in [2.75, 3.05) is 0 Å². The third-order valence-corrected chi connectivity index (χ3v) is 12.4. The summed E-state index contributed by atoms with van der Waals surface area (Å²) in [5.74, 6) is 1.93. The van der Waals surface area contributed by atoms with E-state index >= 15 is 0 Å². The summed E-state index contributed by atoms with van der Waals surface area (Å²) in [6, 6.07) is 71.7. The summed E-state index contributed by atoms with van der Waals surface area (Å²) in [6.45, 7) is 0. The quantitative estimate of drug-likeness (QED) is 0.171. The molecule has 1 aliphatic carbocycles. The van der Waals surface area contributed by atoms with Gasteiger partial charge in [0.05, 0.1) is 5.41 Å². The van der Waals surface area contributed by atoms with E-state index < -0.39 is 5.41 Å². The van der Waals surface area contributed by atoms with Gasteiger partial charge in [-0.25, -0.2) is 15.0 Å². The van der Waals surface area contributed by atoms with Gasteiger partial charge in [0.25, 0.3) is 0 Å². The van der Waals surface area contributed by atoms with Gasteiger partial charge in [-0.15, -0.1) is 11.3 Å². The number of fused-ring (bicyclic) bond motifs is 6. The van der Waals surface area contributed by atoms with E-state index in [-0.39, 0.29) is 0 Å². The Morgan fingerprint density at radius 3 is 1.38 bits per heavy atom. The fourth-order valence-electron chi connectivity index (χ4n) is 8.65. The molecule has 0 saturated heterocycles. The molecule has 0 saturated carbocycles. The molecule has 10 aromatic rings. The van der Waals surface area contributed by atoms with Gasteiger partial charge in [0.1, 0.15) is 0 Å². The highest BCUT2D eigenvalue weighted by atomic mass is 32.1. The lowest BCUT2D eigenvalue weighted by Gasteiger charge is -2.34. The number of hydrogen-bond acceptors (Lipinski definition) is 4. The minimum atomic E-state index is -0.525. The van der Waals surface area contributed by atoms with Crippen molar-refractivity contribution in [3.05, 3.63) is 222 Å². The third kappa shape index (κ3) is 5.14. The van der Waals surface area contributed by atoms with Crippen molar-refractivity contribution < 1.29 is 0 Å². The van der Waals surface area contributed by atoms with Crippen molar-refractivity contribution in [2.24, 2.45) is 0 Å². The topological polar surface area (TPSA) is 38.7 Å². The van der Waals surface area contributed by atoms with Gasteiger partial charge < -0.3 is 0 Å². The molecule has 2 aromatic heterocycles. The fraction of sp³-hybridized carbons (Fsp3) is 0.0192. The average Bonchev–Trinajstić information content (AvgIpc) is 3.81. The van der Waals surface area contributed by atoms with Crippen LogP contribution in [0.3, 0.4) is 0 Å². The van der Waals surface area contributed by atoms with Gasteiger partial charge in [0, 0.05) is 36.9 Å². The van der Waals surface area contributed by atoms with Crippen LogP contribution in [0.1, 0.15) is 22.3 Å². The molecular weight excluding hydrogens is 699 g/mol. The Morgan fingerprint density at radius 2 is 0.750 bits per heavy atom. The van der Waals surface area contributed by atoms with Crippen LogP contribution in [0.15, 0.2) is 200 Å². The largest absolute Gasteiger partial charge is 0.208 e. The Kier molecular flexibility index (Phi) is 7.58. The van der Waals surface area contributed by atoms with Crippen LogP contribution in [0.2, 0.25) is 0 Å². The van der Waals surface area contributed by atoms with Gasteiger partial charge in [-0.2, -0.15) is 0 Å². The monoisotopic (exact) mass is 731 g/mol. The molecule has 0 fully saturated rings. The van der Waals surface area contributed by atoms with Crippen molar-refractivity contribution in [1.29, 1.82) is 0 Å². The van der Waals surface area contributed by atoms with Crippen LogP contribution < -0.4 is 0 Å². The zero-order valence-corrected chi connectivity index (χ0v) is 31.1. The first-order chi connectivity index (χ1) is 27.7. The van der Waals surface area contributed by atoms with E-state index in [1.165, 1.54) is 59.1 Å². The normalized spacial score (nSPS) is 12.8. The zero-order valence-electron chi connectivity index (χ0n) is 30.3. The Balaban J connectivity index is 1.08. The highest BCUT2D eigenvalue weighted by Gasteiger charge is 2.46. The minimum Gasteiger partial charge on any atom is -0.208 e. The van der Waals surface area contributed by atoms with Crippen LogP contribution in [0, 0.1) is 0 Å². The molecule has 0 bridgehead atoms. The molecule has 0 spiro atoms. The lowest BCUT2D eigenvalue weighted by molar-refractivity contribution is 0.770. The summed E-state index contributed by atoms with van der Waals surface area (Å²) in [7, 11) is 0. The second-order valence-electron chi connectivity index (χ2n) is 14.3. The Morgan fingerprint density at radius 1 is 0.321 bits per heavy atom. The summed E-state index contributed by atoms with van der Waals surface area (Å²) >= 11 is 1.86. The van der Waals surface area contributed by atoms with Crippen LogP contribution >= 0.6 is 11.3 Å². The average molecular weight is 732 g/mol. The van der Waals surface area contributed by atoms with Crippen molar-refractivity contribution >= 4 is 31.5 Å². The Labute approximate surface area is 329 Å². The third-order valence-electron chi connectivity index (χ3n) is 11.3. The van der Waals surface area contributed by atoms with Gasteiger partial charge in [-0.1, -0.05) is 182 Å². The summed E-state index contributed by atoms with van der Waals surface area (Å²) in [5.41, 5.74) is 12.2. The maximum atomic E-state index is 5.11. The van der Waals surface area contributed by atoms with Crippen LogP contribution in [0.25, 0.3) is 76.6 Å². The Bertz CT molecular complexity index is 3010. The molecule has 0 amide bonds. The molecular formula is C52H33N3S. The van der Waals surface area contributed by atoms with Crippen molar-refractivity contribution in [3.8, 4) is 56.4 Å². The molecule has 0 aliphatic heterocycles. The second-order valence-corrected chi connectivity index (χ2v) is 15.4. The summed E-state index contributed by atoms with van der Waals surface area (Å²) in [6.07, 6.45) is 0. The van der Waals surface area contributed by atoms with Crippen molar-refractivity contribution in [1.82, 2.24) is 15.0 Å². The van der Waals surface area contributed by atoms with E-state index in [4.69, 9.17) is 15.0 Å². The summed E-state index contributed by atoms with van der Waals surface area (Å²) in [5, 5.41) is 2.60. The zero-order chi connectivity index (χ0) is 37.1. The van der Waals surface area contributed by atoms with E-state index in [2.05, 4.69) is 176 Å². The van der Waals surface area contributed by atoms with E-state index in [0.29, 0.717) is 17.5 Å². The van der Waals surface area contributed by atoms with Gasteiger partial charge in [0.2, 0.25) is 0 Å². The fourth-order valence-corrected chi connectivity index (χ4v) is 9.73. The summed E-state index contributed by atoms with van der Waals surface area (Å²) in [4.78, 5) is 15.2. The molecule has 0 unspecified atom stereocenters. The molecule has 0 atom stereocenters. The molecule has 0 radical (unpaired) electrons. The number of nitrogens with zero attached hydrogens (tertiary/aromatic N) is 3. The first-order valence-electron chi connectivity index (χ1n) is 18.9. The van der Waals surface area contributed by atoms with Crippen LogP contribution in [-0.2, 0) is 5.41 Å². The molecule has 11 rings (SSSR count). The summed E-state index contributed by atoms with van der Waals surface area (Å²) < 4.78 is 2.61. The van der Waals surface area contributed by atoms with Crippen molar-refractivity contribution in [2.45, 2.75) is 5.41 Å². The smallest absolute Gasteiger partial charge is 0.164 e. The van der Waals surface area contributed by atoms with Gasteiger partial charge >= 0.3 is 0 Å². The highest BCUT2D eigenvalue weighted by molar-refractivity contribution is 7.25. The number of thiophene rings is 1. The highest BCUT2D eigenvalue weighted by Crippen LogP contribution is 2.56. The second kappa shape index (κ2) is 13.1. The molecule has 0 N–H and O–H groups in total. The molecule has 262 valence electrons. The predicted molar refractivity (Wildman–Crippen MR) is 232 cm³/mol. The van der Waals surface area contributed by atoms with E-state index in [9.17, 15) is 0 Å². The standard InChI is InChI=1S/C52H33N3S/c1-3-13-34(14-4-1)35-23-25-37(26-24-35)50-53-49(36-15-5-2-6-16-36)54-51(55-50)38-27-29-39(30-28-38)52(45-20-10-7-17-41(45)42-18-8-11-21-46(42)52)40-31-32-48-44(33-40)43-19-9-12-22-47(43)56-48/h1-33H.